The molecule has 0 saturated carbocycles. The van der Waals surface area contributed by atoms with Gasteiger partial charge in [-0.2, -0.15) is 0 Å². The van der Waals surface area contributed by atoms with Crippen molar-refractivity contribution in [2.75, 3.05) is 9.80 Å². The molecule has 0 spiro atoms. The molecule has 0 saturated heterocycles. The smallest absolute Gasteiger partial charge is 0.266 e. The zero-order chi connectivity index (χ0) is 59.0. The number of imide groups is 2. The van der Waals surface area contributed by atoms with Gasteiger partial charge in [-0.1, -0.05) is 166 Å². The second-order valence-electron chi connectivity index (χ2n) is 23.4. The van der Waals surface area contributed by atoms with E-state index < -0.39 is 23.6 Å². The van der Waals surface area contributed by atoms with Gasteiger partial charge in [0, 0.05) is 43.1 Å². The lowest BCUT2D eigenvalue weighted by Crippen LogP contribution is -2.42. The Bertz CT molecular complexity index is 4310. The second kappa shape index (κ2) is 21.7. The third kappa shape index (κ3) is 9.12. The Morgan fingerprint density at radius 1 is 0.369 bits per heavy atom. The van der Waals surface area contributed by atoms with E-state index in [1.165, 1.54) is 9.80 Å². The number of carbonyl (C=O) groups excluding carboxylic acids is 4. The molecule has 0 unspecified atom stereocenters. The molecule has 0 bridgehead atoms. The summed E-state index contributed by atoms with van der Waals surface area (Å²) < 4.78 is 28.8. The molecule has 12 rings (SSSR count). The van der Waals surface area contributed by atoms with Crippen molar-refractivity contribution >= 4 is 78.1 Å². The van der Waals surface area contributed by atoms with Crippen LogP contribution in [0.5, 0.6) is 40.2 Å². The molecular weight excluding hydrogens is 1040 g/mol. The van der Waals surface area contributed by atoms with Gasteiger partial charge in [0.25, 0.3) is 23.6 Å². The van der Waals surface area contributed by atoms with Gasteiger partial charge >= 0.3 is 0 Å². The molecule has 2 aliphatic heterocycles. The molecule has 2 aliphatic rings. The van der Waals surface area contributed by atoms with Crippen LogP contribution in [0.1, 0.15) is 164 Å². The van der Waals surface area contributed by atoms with Crippen LogP contribution in [0, 0.1) is 5.92 Å². The van der Waals surface area contributed by atoms with Crippen LogP contribution in [0.3, 0.4) is 0 Å². The lowest BCUT2D eigenvalue weighted by Gasteiger charge is -2.35. The zero-order valence-electron chi connectivity index (χ0n) is 49.2. The summed E-state index contributed by atoms with van der Waals surface area (Å²) in [4.78, 5) is 67.4. The third-order valence-electron chi connectivity index (χ3n) is 16.0. The number of allylic oxidation sites excluding steroid dienone is 3. The SMILES string of the molecule is C/C=C\C(=C/C(C)C)Oc1cc2c3c(cc(Oc4ccccc4)c4c5c(Oc6ccccc6)cc6c7c(cc(Oc8ccccc8)c(c1c34)c75)C(=O)N(c1c(C(C)C)cccc1C(C)C)C6=O)C(=O)N(c1c(C(C)C)cccc1C(C)C)C2=O. The number of carbonyl (C=O) groups is 4. The predicted molar refractivity (Wildman–Crippen MR) is 337 cm³/mol. The van der Waals surface area contributed by atoms with Crippen molar-refractivity contribution in [3.8, 4) is 40.2 Å². The minimum Gasteiger partial charge on any atom is -0.457 e. The number of para-hydroxylation sites is 5. The first kappa shape index (κ1) is 55.0. The molecule has 0 aromatic heterocycles. The van der Waals surface area contributed by atoms with E-state index in [1.807, 2.05) is 153 Å². The number of fused-ring (bicyclic) bond motifs is 2. The van der Waals surface area contributed by atoms with Crippen LogP contribution in [0.15, 0.2) is 176 Å². The normalized spacial score (nSPS) is 13.8. The van der Waals surface area contributed by atoms with E-state index in [-0.39, 0.29) is 74.8 Å². The van der Waals surface area contributed by atoms with Crippen molar-refractivity contribution in [1.82, 2.24) is 0 Å². The van der Waals surface area contributed by atoms with Gasteiger partial charge in [0.15, 0.2) is 0 Å². The highest BCUT2D eigenvalue weighted by Crippen LogP contribution is 2.58. The average Bonchev–Trinajstić information content (AvgIpc) is 0.770. The fourth-order valence-corrected chi connectivity index (χ4v) is 12.4. The van der Waals surface area contributed by atoms with Gasteiger partial charge in [0.1, 0.15) is 46.0 Å². The molecule has 420 valence electrons. The molecule has 0 aliphatic carbocycles. The Kier molecular flexibility index (Phi) is 14.2. The Labute approximate surface area is 489 Å². The Balaban J connectivity index is 1.33. The first-order chi connectivity index (χ1) is 40.5. The molecule has 0 atom stereocenters. The minimum absolute atomic E-state index is 0.0231. The summed E-state index contributed by atoms with van der Waals surface area (Å²) in [7, 11) is 0. The number of rotatable bonds is 16. The molecular formula is C74H66N2O8. The maximum absolute atomic E-state index is 16.2. The van der Waals surface area contributed by atoms with Crippen molar-refractivity contribution in [2.45, 2.75) is 99.8 Å². The molecule has 0 radical (unpaired) electrons. The molecule has 4 amide bonds. The Morgan fingerprint density at radius 3 is 0.952 bits per heavy atom. The van der Waals surface area contributed by atoms with Gasteiger partial charge in [0.2, 0.25) is 0 Å². The molecule has 2 heterocycles. The lowest BCUT2D eigenvalue weighted by atomic mass is 9.80. The summed E-state index contributed by atoms with van der Waals surface area (Å²) in [6.45, 7) is 22.5. The van der Waals surface area contributed by atoms with Crippen molar-refractivity contribution in [3.05, 3.63) is 220 Å². The number of hydrogen-bond acceptors (Lipinski definition) is 8. The van der Waals surface area contributed by atoms with Crippen LogP contribution in [0.2, 0.25) is 0 Å². The number of benzene rings is 10. The molecule has 0 fully saturated rings. The van der Waals surface area contributed by atoms with Crippen molar-refractivity contribution in [1.29, 1.82) is 0 Å². The first-order valence-corrected chi connectivity index (χ1v) is 29.1. The topological polar surface area (TPSA) is 112 Å². The first-order valence-electron chi connectivity index (χ1n) is 29.1. The molecule has 10 nitrogen and oxygen atoms in total. The fourth-order valence-electron chi connectivity index (χ4n) is 12.4. The van der Waals surface area contributed by atoms with Crippen LogP contribution in [-0.2, 0) is 0 Å². The van der Waals surface area contributed by atoms with Crippen LogP contribution >= 0.6 is 0 Å². The Morgan fingerprint density at radius 2 is 0.667 bits per heavy atom. The standard InChI is InChI=1S/C74H66N2O8/c1-12-24-48(35-40(2)3)84-60-39-56-62-55(73(79)76(74(56)80)70-51(43(8)9)33-23-34-52(70)44(10)11)37-58(82-46-27-18-14-19-28-46)64-63-57(81-45-25-16-13-17-26-45)36-53-61-54(38-59(83-47-29-20-15-21-30-47)65(67(61)63)66(60)68(62)64)72(78)75(71(53)77)69-49(41(4)5)31-22-32-50(69)42(6)7/h12-44H,1-11H3/b24-12-,48-35+. The van der Waals surface area contributed by atoms with Crippen LogP contribution in [0.4, 0.5) is 11.4 Å². The zero-order valence-corrected chi connectivity index (χ0v) is 49.2. The molecule has 0 N–H and O–H groups in total. The number of hydrogen-bond donors (Lipinski definition) is 0. The minimum atomic E-state index is -0.531. The van der Waals surface area contributed by atoms with E-state index in [1.54, 1.807) is 24.3 Å². The fraction of sp³-hybridized carbons (Fsp3) is 0.216. The van der Waals surface area contributed by atoms with Gasteiger partial charge < -0.3 is 18.9 Å². The molecule has 10 aromatic carbocycles. The van der Waals surface area contributed by atoms with Crippen molar-refractivity contribution in [3.63, 3.8) is 0 Å². The second-order valence-corrected chi connectivity index (χ2v) is 23.4. The quantitative estimate of drug-likeness (QED) is 0.0309. The van der Waals surface area contributed by atoms with E-state index in [0.29, 0.717) is 77.5 Å². The van der Waals surface area contributed by atoms with Crippen LogP contribution < -0.4 is 28.7 Å². The van der Waals surface area contributed by atoms with Crippen LogP contribution in [-0.4, -0.2) is 23.6 Å². The van der Waals surface area contributed by atoms with Gasteiger partial charge in [-0.25, -0.2) is 9.80 Å². The number of anilines is 2. The van der Waals surface area contributed by atoms with E-state index in [9.17, 15) is 0 Å². The Hall–Kier alpha value is -9.54. The molecule has 84 heavy (non-hydrogen) atoms. The summed E-state index contributed by atoms with van der Waals surface area (Å²) in [5.41, 5.74) is 5.35. The van der Waals surface area contributed by atoms with Gasteiger partial charge in [0.05, 0.1) is 33.6 Å². The van der Waals surface area contributed by atoms with Crippen molar-refractivity contribution in [2.24, 2.45) is 5.92 Å². The summed E-state index contributed by atoms with van der Waals surface area (Å²) in [5.74, 6) is 0.557. The van der Waals surface area contributed by atoms with Gasteiger partial charge in [-0.05, 0) is 132 Å². The van der Waals surface area contributed by atoms with Gasteiger partial charge in [-0.3, -0.25) is 19.2 Å². The maximum Gasteiger partial charge on any atom is 0.266 e. The van der Waals surface area contributed by atoms with E-state index in [2.05, 4.69) is 69.2 Å². The molecule has 10 heteroatoms. The number of nitrogens with zero attached hydrogens (tertiary/aromatic N) is 2. The highest BCUT2D eigenvalue weighted by atomic mass is 16.5. The van der Waals surface area contributed by atoms with Crippen molar-refractivity contribution < 1.29 is 38.1 Å². The number of amides is 4. The summed E-state index contributed by atoms with van der Waals surface area (Å²) in [6, 6.07) is 46.8. The predicted octanol–water partition coefficient (Wildman–Crippen LogP) is 19.7. The summed E-state index contributed by atoms with van der Waals surface area (Å²) in [5, 5.41) is 3.42. The molecule has 10 aromatic rings. The highest BCUT2D eigenvalue weighted by Gasteiger charge is 2.44. The largest absolute Gasteiger partial charge is 0.457 e. The number of ether oxygens (including phenoxy) is 4. The maximum atomic E-state index is 16.2. The monoisotopic (exact) mass is 1110 g/mol. The van der Waals surface area contributed by atoms with E-state index >= 15 is 19.2 Å². The van der Waals surface area contributed by atoms with E-state index in [4.69, 9.17) is 18.9 Å². The summed E-state index contributed by atoms with van der Waals surface area (Å²) >= 11 is 0. The summed E-state index contributed by atoms with van der Waals surface area (Å²) in [6.07, 6.45) is 5.77. The van der Waals surface area contributed by atoms with E-state index in [0.717, 1.165) is 22.3 Å². The van der Waals surface area contributed by atoms with Crippen LogP contribution in [0.25, 0.3) is 43.1 Å². The lowest BCUT2D eigenvalue weighted by molar-refractivity contribution is 0.0877. The average molecular weight is 1110 g/mol. The van der Waals surface area contributed by atoms with Gasteiger partial charge in [-0.15, -0.1) is 0 Å². The third-order valence-corrected chi connectivity index (χ3v) is 16.0. The highest BCUT2D eigenvalue weighted by molar-refractivity contribution is 6.48.